The molecular weight excluding hydrogens is 328 g/mol. The maximum atomic E-state index is 13.0. The minimum atomic E-state index is 0.169. The minimum Gasteiger partial charge on any atom is -0.468 e. The zero-order valence-corrected chi connectivity index (χ0v) is 15.5. The Hall–Kier alpha value is -2.08. The van der Waals surface area contributed by atoms with Crippen molar-refractivity contribution in [2.45, 2.75) is 38.1 Å². The van der Waals surface area contributed by atoms with Crippen molar-refractivity contribution >= 4 is 5.91 Å². The Morgan fingerprint density at radius 3 is 2.81 bits per heavy atom. The predicted octanol–water partition coefficient (Wildman–Crippen LogP) is 2.63. The molecule has 0 N–H and O–H groups in total. The molecule has 2 aromatic rings. The molecule has 0 saturated carbocycles. The molecule has 2 fully saturated rings. The number of piperidine rings is 2. The van der Waals surface area contributed by atoms with Crippen LogP contribution in [-0.2, 0) is 18.4 Å². The van der Waals surface area contributed by atoms with Gasteiger partial charge in [-0.1, -0.05) is 0 Å². The first kappa shape index (κ1) is 17.3. The smallest absolute Gasteiger partial charge is 0.225 e. The zero-order valence-electron chi connectivity index (χ0n) is 15.5. The highest BCUT2D eigenvalue weighted by Gasteiger charge is 2.32. The molecule has 1 atom stereocenters. The van der Waals surface area contributed by atoms with E-state index < -0.39 is 0 Å². The average Bonchev–Trinajstić information content (AvgIpc) is 3.33. The van der Waals surface area contributed by atoms with Gasteiger partial charge in [0, 0.05) is 44.4 Å². The maximum absolute atomic E-state index is 13.0. The molecule has 0 bridgehead atoms. The van der Waals surface area contributed by atoms with E-state index in [1.807, 2.05) is 31.6 Å². The van der Waals surface area contributed by atoms with Crippen molar-refractivity contribution in [3.8, 4) is 0 Å². The second-order valence-electron chi connectivity index (χ2n) is 7.65. The van der Waals surface area contributed by atoms with Crippen molar-refractivity contribution in [1.82, 2.24) is 19.4 Å². The third kappa shape index (κ3) is 3.70. The van der Waals surface area contributed by atoms with Crippen LogP contribution in [0.2, 0.25) is 0 Å². The number of nitrogens with zero attached hydrogens (tertiary/aromatic N) is 4. The molecule has 0 aromatic carbocycles. The van der Waals surface area contributed by atoms with Gasteiger partial charge in [0.2, 0.25) is 5.91 Å². The number of carbonyl (C=O) groups excluding carboxylic acids is 1. The fourth-order valence-electron chi connectivity index (χ4n) is 4.38. The van der Waals surface area contributed by atoms with Crippen LogP contribution in [0, 0.1) is 5.92 Å². The van der Waals surface area contributed by atoms with Gasteiger partial charge in [0.25, 0.3) is 0 Å². The molecule has 1 unspecified atom stereocenters. The van der Waals surface area contributed by atoms with Gasteiger partial charge in [0.15, 0.2) is 0 Å². The van der Waals surface area contributed by atoms with E-state index in [4.69, 9.17) is 4.42 Å². The lowest BCUT2D eigenvalue weighted by molar-refractivity contribution is -0.138. The largest absolute Gasteiger partial charge is 0.468 e. The van der Waals surface area contributed by atoms with Gasteiger partial charge in [-0.15, -0.1) is 0 Å². The summed E-state index contributed by atoms with van der Waals surface area (Å²) >= 11 is 0. The fourth-order valence-corrected chi connectivity index (χ4v) is 4.38. The molecule has 2 aromatic heterocycles. The summed E-state index contributed by atoms with van der Waals surface area (Å²) in [7, 11) is 2.04. The monoisotopic (exact) mass is 356 g/mol. The summed E-state index contributed by atoms with van der Waals surface area (Å²) in [5, 5.41) is 0. The summed E-state index contributed by atoms with van der Waals surface area (Å²) in [5.74, 6) is 3.00. The van der Waals surface area contributed by atoms with E-state index in [9.17, 15) is 4.79 Å². The molecule has 2 aliphatic heterocycles. The van der Waals surface area contributed by atoms with Gasteiger partial charge in [0.05, 0.1) is 12.8 Å². The molecule has 2 aliphatic rings. The van der Waals surface area contributed by atoms with Crippen molar-refractivity contribution < 1.29 is 9.21 Å². The Balaban J connectivity index is 1.31. The number of hydrogen-bond donors (Lipinski definition) is 0. The van der Waals surface area contributed by atoms with E-state index in [2.05, 4.69) is 19.4 Å². The quantitative estimate of drug-likeness (QED) is 0.845. The summed E-state index contributed by atoms with van der Waals surface area (Å²) in [4.78, 5) is 22.0. The summed E-state index contributed by atoms with van der Waals surface area (Å²) in [6, 6.07) is 3.95. The highest BCUT2D eigenvalue weighted by atomic mass is 16.3. The molecular formula is C20H28N4O2. The number of rotatable bonds is 4. The van der Waals surface area contributed by atoms with Crippen molar-refractivity contribution in [2.24, 2.45) is 13.0 Å². The third-order valence-corrected chi connectivity index (χ3v) is 5.85. The van der Waals surface area contributed by atoms with Crippen LogP contribution >= 0.6 is 0 Å². The van der Waals surface area contributed by atoms with E-state index in [1.54, 1.807) is 6.26 Å². The van der Waals surface area contributed by atoms with Crippen LogP contribution in [0.25, 0.3) is 0 Å². The van der Waals surface area contributed by atoms with E-state index >= 15 is 0 Å². The standard InChI is InChI=1S/C20H28N4O2/c1-22-12-8-21-19(22)17-4-2-9-24(14-17)20(25)16-6-10-23(11-7-16)15-18-5-3-13-26-18/h3,5,8,12-13,16-17H,2,4,6-7,9-11,14-15H2,1H3. The lowest BCUT2D eigenvalue weighted by atomic mass is 9.92. The molecule has 0 radical (unpaired) electrons. The molecule has 4 rings (SSSR count). The summed E-state index contributed by atoms with van der Waals surface area (Å²) < 4.78 is 7.53. The Bertz CT molecular complexity index is 716. The Labute approximate surface area is 154 Å². The number of likely N-dealkylation sites (tertiary alicyclic amines) is 2. The molecule has 4 heterocycles. The highest BCUT2D eigenvalue weighted by molar-refractivity contribution is 5.79. The highest BCUT2D eigenvalue weighted by Crippen LogP contribution is 2.28. The van der Waals surface area contributed by atoms with Crippen molar-refractivity contribution in [3.05, 3.63) is 42.4 Å². The van der Waals surface area contributed by atoms with Gasteiger partial charge in [-0.25, -0.2) is 4.98 Å². The summed E-state index contributed by atoms with van der Waals surface area (Å²) in [6.07, 6.45) is 9.65. The predicted molar refractivity (Wildman–Crippen MR) is 98.5 cm³/mol. The second kappa shape index (κ2) is 7.66. The first-order valence-electron chi connectivity index (χ1n) is 9.71. The second-order valence-corrected chi connectivity index (χ2v) is 7.65. The lowest BCUT2D eigenvalue weighted by Crippen LogP contribution is -2.46. The lowest BCUT2D eigenvalue weighted by Gasteiger charge is -2.37. The van der Waals surface area contributed by atoms with Crippen molar-refractivity contribution in [2.75, 3.05) is 26.2 Å². The van der Waals surface area contributed by atoms with Crippen LogP contribution in [0.5, 0.6) is 0 Å². The summed E-state index contributed by atoms with van der Waals surface area (Å²) in [5.41, 5.74) is 0. The number of amides is 1. The van der Waals surface area contributed by atoms with Gasteiger partial charge in [0.1, 0.15) is 11.6 Å². The third-order valence-electron chi connectivity index (χ3n) is 5.85. The normalized spacial score (nSPS) is 22.7. The minimum absolute atomic E-state index is 0.169. The first-order valence-corrected chi connectivity index (χ1v) is 9.71. The van der Waals surface area contributed by atoms with Crippen LogP contribution in [0.1, 0.15) is 43.2 Å². The number of furan rings is 1. The average molecular weight is 356 g/mol. The van der Waals surface area contributed by atoms with Crippen LogP contribution in [0.3, 0.4) is 0 Å². The number of aromatic nitrogens is 2. The molecule has 140 valence electrons. The Morgan fingerprint density at radius 1 is 1.27 bits per heavy atom. The molecule has 0 spiro atoms. The van der Waals surface area contributed by atoms with Gasteiger partial charge in [-0.05, 0) is 50.9 Å². The topological polar surface area (TPSA) is 54.5 Å². The van der Waals surface area contributed by atoms with E-state index in [0.717, 1.165) is 70.0 Å². The van der Waals surface area contributed by atoms with Crippen LogP contribution < -0.4 is 0 Å². The molecule has 0 aliphatic carbocycles. The zero-order chi connectivity index (χ0) is 17.9. The van der Waals surface area contributed by atoms with Crippen LogP contribution in [-0.4, -0.2) is 51.4 Å². The van der Waals surface area contributed by atoms with Crippen molar-refractivity contribution in [3.63, 3.8) is 0 Å². The van der Waals surface area contributed by atoms with Gasteiger partial charge in [-0.3, -0.25) is 9.69 Å². The van der Waals surface area contributed by atoms with E-state index in [-0.39, 0.29) is 5.92 Å². The molecule has 1 amide bonds. The molecule has 2 saturated heterocycles. The van der Waals surface area contributed by atoms with Crippen LogP contribution in [0.15, 0.2) is 35.2 Å². The van der Waals surface area contributed by atoms with Gasteiger partial charge < -0.3 is 13.9 Å². The van der Waals surface area contributed by atoms with Crippen LogP contribution in [0.4, 0.5) is 0 Å². The number of hydrogen-bond acceptors (Lipinski definition) is 4. The molecule has 6 nitrogen and oxygen atoms in total. The van der Waals surface area contributed by atoms with E-state index in [1.165, 1.54) is 0 Å². The molecule has 26 heavy (non-hydrogen) atoms. The number of aryl methyl sites for hydroxylation is 1. The van der Waals surface area contributed by atoms with Crippen molar-refractivity contribution in [1.29, 1.82) is 0 Å². The Morgan fingerprint density at radius 2 is 2.12 bits per heavy atom. The van der Waals surface area contributed by atoms with E-state index in [0.29, 0.717) is 11.8 Å². The van der Waals surface area contributed by atoms with Gasteiger partial charge >= 0.3 is 0 Å². The molecule has 6 heteroatoms. The summed E-state index contributed by atoms with van der Waals surface area (Å²) in [6.45, 7) is 4.49. The Kier molecular flexibility index (Phi) is 5.11. The SMILES string of the molecule is Cn1ccnc1C1CCCN(C(=O)C2CCN(Cc3ccco3)CC2)C1. The van der Waals surface area contributed by atoms with Gasteiger partial charge in [-0.2, -0.15) is 0 Å². The fraction of sp³-hybridized carbons (Fsp3) is 0.600. The maximum Gasteiger partial charge on any atom is 0.225 e. The first-order chi connectivity index (χ1) is 12.7. The number of carbonyl (C=O) groups is 1. The number of imidazole rings is 1.